The molecular formula is C16H12F3NO3. The Morgan fingerprint density at radius 3 is 2.30 bits per heavy atom. The van der Waals surface area contributed by atoms with Crippen LogP contribution < -0.4 is 5.32 Å². The number of carbonyl (C=O) groups is 2. The zero-order chi connectivity index (χ0) is 17.0. The Kier molecular flexibility index (Phi) is 5.00. The Morgan fingerprint density at radius 2 is 1.70 bits per heavy atom. The molecule has 4 nitrogen and oxygen atoms in total. The number of rotatable bonds is 4. The molecule has 0 saturated carbocycles. The topological polar surface area (TPSA) is 55.4 Å². The minimum absolute atomic E-state index is 0.0713. The van der Waals surface area contributed by atoms with E-state index in [9.17, 15) is 22.8 Å². The predicted octanol–water partition coefficient (Wildman–Crippen LogP) is 3.21. The molecular weight excluding hydrogens is 311 g/mol. The number of esters is 1. The van der Waals surface area contributed by atoms with Crippen LogP contribution in [-0.2, 0) is 9.53 Å². The van der Waals surface area contributed by atoms with Crippen LogP contribution in [0.15, 0.2) is 36.4 Å². The van der Waals surface area contributed by atoms with E-state index in [1.54, 1.807) is 0 Å². The van der Waals surface area contributed by atoms with Crippen molar-refractivity contribution in [3.63, 3.8) is 0 Å². The fourth-order valence-electron chi connectivity index (χ4n) is 1.73. The van der Waals surface area contributed by atoms with Gasteiger partial charge in [0.1, 0.15) is 23.1 Å². The fourth-order valence-corrected chi connectivity index (χ4v) is 1.73. The van der Waals surface area contributed by atoms with Crippen LogP contribution in [-0.4, -0.2) is 18.5 Å². The van der Waals surface area contributed by atoms with Gasteiger partial charge < -0.3 is 10.1 Å². The molecule has 23 heavy (non-hydrogen) atoms. The van der Waals surface area contributed by atoms with Crippen LogP contribution in [0, 0.1) is 24.4 Å². The molecule has 0 heterocycles. The molecule has 0 fully saturated rings. The summed E-state index contributed by atoms with van der Waals surface area (Å²) in [5, 5.41) is 1.97. The number of carbonyl (C=O) groups excluding carboxylic acids is 2. The first kappa shape index (κ1) is 16.5. The predicted molar refractivity (Wildman–Crippen MR) is 76.4 cm³/mol. The van der Waals surface area contributed by atoms with E-state index in [0.717, 1.165) is 24.3 Å². The first-order valence-electron chi connectivity index (χ1n) is 6.55. The van der Waals surface area contributed by atoms with Gasteiger partial charge in [-0.2, -0.15) is 0 Å². The van der Waals surface area contributed by atoms with E-state index in [4.69, 9.17) is 0 Å². The van der Waals surface area contributed by atoms with Crippen molar-refractivity contribution in [3.8, 4) is 0 Å². The number of ether oxygens (including phenoxy) is 1. The van der Waals surface area contributed by atoms with Gasteiger partial charge in [-0.3, -0.25) is 4.79 Å². The van der Waals surface area contributed by atoms with Crippen molar-refractivity contribution in [2.45, 2.75) is 6.92 Å². The second-order valence-corrected chi connectivity index (χ2v) is 4.68. The van der Waals surface area contributed by atoms with Crippen molar-refractivity contribution in [1.82, 2.24) is 0 Å². The van der Waals surface area contributed by atoms with Gasteiger partial charge in [0, 0.05) is 0 Å². The highest BCUT2D eigenvalue weighted by Gasteiger charge is 2.15. The fraction of sp³-hybridized carbons (Fsp3) is 0.125. The molecule has 0 unspecified atom stereocenters. The van der Waals surface area contributed by atoms with Gasteiger partial charge in [0.05, 0.1) is 5.56 Å². The molecule has 7 heteroatoms. The van der Waals surface area contributed by atoms with Crippen LogP contribution in [0.25, 0.3) is 0 Å². The van der Waals surface area contributed by atoms with Crippen LogP contribution >= 0.6 is 0 Å². The Hall–Kier alpha value is -2.83. The Balaban J connectivity index is 1.96. The lowest BCUT2D eigenvalue weighted by Crippen LogP contribution is -2.22. The summed E-state index contributed by atoms with van der Waals surface area (Å²) in [5.41, 5.74) is -0.345. The molecule has 2 aromatic rings. The first-order valence-corrected chi connectivity index (χ1v) is 6.55. The highest BCUT2D eigenvalue weighted by molar-refractivity contribution is 5.95. The maximum atomic E-state index is 13.4. The van der Waals surface area contributed by atoms with Gasteiger partial charge in [0.15, 0.2) is 6.61 Å². The van der Waals surface area contributed by atoms with Crippen molar-refractivity contribution >= 4 is 17.6 Å². The summed E-state index contributed by atoms with van der Waals surface area (Å²) in [5.74, 6) is -4.34. The molecule has 0 radical (unpaired) electrons. The maximum absolute atomic E-state index is 13.4. The summed E-state index contributed by atoms with van der Waals surface area (Å²) in [6.07, 6.45) is 0. The zero-order valence-corrected chi connectivity index (χ0v) is 12.0. The highest BCUT2D eigenvalue weighted by Crippen LogP contribution is 2.17. The van der Waals surface area contributed by atoms with E-state index in [-0.39, 0.29) is 5.56 Å². The van der Waals surface area contributed by atoms with Crippen molar-refractivity contribution in [1.29, 1.82) is 0 Å². The molecule has 0 spiro atoms. The van der Waals surface area contributed by atoms with Crippen LogP contribution in [0.2, 0.25) is 0 Å². The maximum Gasteiger partial charge on any atom is 0.338 e. The largest absolute Gasteiger partial charge is 0.452 e. The van der Waals surface area contributed by atoms with Crippen LogP contribution in [0.1, 0.15) is 15.9 Å². The minimum Gasteiger partial charge on any atom is -0.452 e. The second kappa shape index (κ2) is 6.95. The van der Waals surface area contributed by atoms with Crippen LogP contribution in [0.4, 0.5) is 18.9 Å². The molecule has 0 aliphatic carbocycles. The van der Waals surface area contributed by atoms with E-state index >= 15 is 0 Å². The van der Waals surface area contributed by atoms with Crippen LogP contribution in [0.5, 0.6) is 0 Å². The lowest BCUT2D eigenvalue weighted by molar-refractivity contribution is -0.119. The van der Waals surface area contributed by atoms with E-state index < -0.39 is 41.6 Å². The third kappa shape index (κ3) is 4.09. The number of anilines is 1. The molecule has 0 atom stereocenters. The van der Waals surface area contributed by atoms with Crippen molar-refractivity contribution in [3.05, 3.63) is 65.0 Å². The van der Waals surface area contributed by atoms with Crippen molar-refractivity contribution < 1.29 is 27.5 Å². The first-order chi connectivity index (χ1) is 10.9. The molecule has 0 bridgehead atoms. The molecule has 2 aromatic carbocycles. The number of nitrogens with one attached hydrogen (secondary N) is 1. The van der Waals surface area contributed by atoms with Crippen molar-refractivity contribution in [2.24, 2.45) is 0 Å². The molecule has 2 rings (SSSR count). The molecule has 1 amide bonds. The van der Waals surface area contributed by atoms with Gasteiger partial charge in [-0.05, 0) is 36.8 Å². The van der Waals surface area contributed by atoms with Gasteiger partial charge in [0.2, 0.25) is 0 Å². The van der Waals surface area contributed by atoms with E-state index in [2.05, 4.69) is 4.74 Å². The summed E-state index contributed by atoms with van der Waals surface area (Å²) in [4.78, 5) is 23.3. The number of para-hydroxylation sites is 1. The van der Waals surface area contributed by atoms with Gasteiger partial charge >= 0.3 is 5.97 Å². The Bertz CT molecular complexity index is 742. The van der Waals surface area contributed by atoms with Crippen LogP contribution in [0.3, 0.4) is 0 Å². The number of amides is 1. The molecule has 0 aliphatic heterocycles. The summed E-state index contributed by atoms with van der Waals surface area (Å²) in [6.45, 7) is 0.767. The summed E-state index contributed by atoms with van der Waals surface area (Å²) < 4.78 is 44.7. The normalized spacial score (nSPS) is 10.3. The third-order valence-corrected chi connectivity index (χ3v) is 2.97. The standard InChI is InChI=1S/C16H12F3NO3/c1-9-5-6-10(7-13(9)19)16(22)23-8-14(21)20-15-11(17)3-2-4-12(15)18/h2-7H,8H2,1H3,(H,20,21). The monoisotopic (exact) mass is 323 g/mol. The number of hydrogen-bond acceptors (Lipinski definition) is 3. The second-order valence-electron chi connectivity index (χ2n) is 4.68. The number of hydrogen-bond donors (Lipinski definition) is 1. The van der Waals surface area contributed by atoms with Gasteiger partial charge in [-0.15, -0.1) is 0 Å². The van der Waals surface area contributed by atoms with Crippen molar-refractivity contribution in [2.75, 3.05) is 11.9 Å². The Morgan fingerprint density at radius 1 is 1.04 bits per heavy atom. The average molecular weight is 323 g/mol. The number of benzene rings is 2. The average Bonchev–Trinajstić information content (AvgIpc) is 2.51. The lowest BCUT2D eigenvalue weighted by atomic mass is 10.1. The molecule has 1 N–H and O–H groups in total. The SMILES string of the molecule is Cc1ccc(C(=O)OCC(=O)Nc2c(F)cccc2F)cc1F. The van der Waals surface area contributed by atoms with E-state index in [1.165, 1.54) is 19.1 Å². The van der Waals surface area contributed by atoms with E-state index in [0.29, 0.717) is 5.56 Å². The third-order valence-electron chi connectivity index (χ3n) is 2.97. The quantitative estimate of drug-likeness (QED) is 0.879. The Labute approximate surface area is 129 Å². The molecule has 0 aliphatic rings. The highest BCUT2D eigenvalue weighted by atomic mass is 19.1. The lowest BCUT2D eigenvalue weighted by Gasteiger charge is -2.08. The minimum atomic E-state index is -0.953. The zero-order valence-electron chi connectivity index (χ0n) is 12.0. The summed E-state index contributed by atoms with van der Waals surface area (Å²) >= 11 is 0. The molecule has 0 saturated heterocycles. The summed E-state index contributed by atoms with van der Waals surface area (Å²) in [6, 6.07) is 6.80. The number of halogens is 3. The number of aryl methyl sites for hydroxylation is 1. The van der Waals surface area contributed by atoms with Gasteiger partial charge in [0.25, 0.3) is 5.91 Å². The van der Waals surface area contributed by atoms with Gasteiger partial charge in [-0.25, -0.2) is 18.0 Å². The molecule has 0 aromatic heterocycles. The van der Waals surface area contributed by atoms with E-state index in [1.807, 2.05) is 5.32 Å². The van der Waals surface area contributed by atoms with Gasteiger partial charge in [-0.1, -0.05) is 12.1 Å². The smallest absolute Gasteiger partial charge is 0.338 e. The summed E-state index contributed by atoms with van der Waals surface area (Å²) in [7, 11) is 0. The molecule has 120 valence electrons.